The van der Waals surface area contributed by atoms with Crippen LogP contribution in [-0.4, -0.2) is 36.0 Å². The lowest BCUT2D eigenvalue weighted by Gasteiger charge is -2.18. The van der Waals surface area contributed by atoms with E-state index >= 15 is 0 Å². The number of nitrogens with zero attached hydrogens (tertiary/aromatic N) is 1. The molecule has 1 saturated heterocycles. The average Bonchev–Trinajstić information content (AvgIpc) is 2.72. The number of ether oxygens (including phenoxy) is 1. The number of benzene rings is 1. The maximum Gasteiger partial charge on any atom is 0.247 e. The van der Waals surface area contributed by atoms with Gasteiger partial charge in [-0.05, 0) is 19.1 Å². The second kappa shape index (κ2) is 6.76. The van der Waals surface area contributed by atoms with Gasteiger partial charge in [-0.3, -0.25) is 9.59 Å². The van der Waals surface area contributed by atoms with Crippen LogP contribution in [0.5, 0.6) is 5.75 Å². The van der Waals surface area contributed by atoms with Crippen molar-refractivity contribution >= 4 is 29.3 Å². The zero-order chi connectivity index (χ0) is 14.5. The van der Waals surface area contributed by atoms with Crippen molar-refractivity contribution in [2.24, 2.45) is 5.73 Å². The summed E-state index contributed by atoms with van der Waals surface area (Å²) in [5, 5.41) is -0.333. The van der Waals surface area contributed by atoms with Gasteiger partial charge in [0.05, 0.1) is 17.5 Å². The van der Waals surface area contributed by atoms with Gasteiger partial charge in [0, 0.05) is 18.7 Å². The molecule has 1 aromatic rings. The maximum atomic E-state index is 12.4. The van der Waals surface area contributed by atoms with Crippen LogP contribution in [0.3, 0.4) is 0 Å². The number of hydrogen-bond acceptors (Lipinski definition) is 5. The van der Waals surface area contributed by atoms with Crippen LogP contribution >= 0.6 is 11.8 Å². The minimum atomic E-state index is -0.333. The van der Waals surface area contributed by atoms with E-state index in [0.29, 0.717) is 30.3 Å². The summed E-state index contributed by atoms with van der Waals surface area (Å²) in [5.74, 6) is 0.864. The maximum absolute atomic E-state index is 12.4. The van der Waals surface area contributed by atoms with Crippen LogP contribution in [0.4, 0.5) is 5.69 Å². The summed E-state index contributed by atoms with van der Waals surface area (Å²) in [6.45, 7) is 2.85. The molecule has 2 N–H and O–H groups in total. The number of para-hydroxylation sites is 2. The lowest BCUT2D eigenvalue weighted by Crippen LogP contribution is -2.31. The molecule has 0 aromatic heterocycles. The Balaban J connectivity index is 2.24. The van der Waals surface area contributed by atoms with Crippen molar-refractivity contribution in [1.29, 1.82) is 0 Å². The minimum absolute atomic E-state index is 0.180. The Morgan fingerprint density at radius 1 is 1.40 bits per heavy atom. The summed E-state index contributed by atoms with van der Waals surface area (Å²) >= 11 is 1.44. The zero-order valence-electron chi connectivity index (χ0n) is 11.4. The van der Waals surface area contributed by atoms with Crippen LogP contribution in [0.2, 0.25) is 0 Å². The van der Waals surface area contributed by atoms with E-state index in [4.69, 9.17) is 10.5 Å². The van der Waals surface area contributed by atoms with Gasteiger partial charge in [0.15, 0.2) is 0 Å². The van der Waals surface area contributed by atoms with Crippen molar-refractivity contribution in [2.75, 3.05) is 23.8 Å². The lowest BCUT2D eigenvalue weighted by molar-refractivity contribution is -0.121. The molecule has 0 aliphatic carbocycles. The van der Waals surface area contributed by atoms with E-state index in [-0.39, 0.29) is 23.5 Å². The van der Waals surface area contributed by atoms with E-state index in [1.807, 2.05) is 13.0 Å². The third-order valence-corrected chi connectivity index (χ3v) is 4.19. The van der Waals surface area contributed by atoms with Gasteiger partial charge in [-0.25, -0.2) is 4.90 Å². The SMILES string of the molecule is CCOc1ccccc1N1C(=O)CC(SCCN)C1=O. The van der Waals surface area contributed by atoms with Gasteiger partial charge in [0.2, 0.25) is 11.8 Å². The quantitative estimate of drug-likeness (QED) is 0.803. The molecule has 108 valence electrons. The number of rotatable bonds is 6. The Kier molecular flexibility index (Phi) is 5.03. The summed E-state index contributed by atoms with van der Waals surface area (Å²) in [7, 11) is 0. The van der Waals surface area contributed by atoms with E-state index in [0.717, 1.165) is 0 Å². The number of amides is 2. The standard InChI is InChI=1S/C14H18N2O3S/c1-2-19-11-6-4-3-5-10(11)16-13(17)9-12(14(16)18)20-8-7-15/h3-6,12H,2,7-9,15H2,1H3. The molecular formula is C14H18N2O3S. The highest BCUT2D eigenvalue weighted by Gasteiger charge is 2.40. The molecule has 0 spiro atoms. The molecule has 0 bridgehead atoms. The van der Waals surface area contributed by atoms with Gasteiger partial charge in [-0.1, -0.05) is 12.1 Å². The average molecular weight is 294 g/mol. The lowest BCUT2D eigenvalue weighted by atomic mass is 10.2. The highest BCUT2D eigenvalue weighted by atomic mass is 32.2. The Hall–Kier alpha value is -1.53. The Bertz CT molecular complexity index is 507. The fourth-order valence-electron chi connectivity index (χ4n) is 2.12. The fraction of sp³-hybridized carbons (Fsp3) is 0.429. The molecule has 20 heavy (non-hydrogen) atoms. The molecule has 5 nitrogen and oxygen atoms in total. The smallest absolute Gasteiger partial charge is 0.247 e. The van der Waals surface area contributed by atoms with Crippen molar-refractivity contribution in [2.45, 2.75) is 18.6 Å². The van der Waals surface area contributed by atoms with E-state index in [2.05, 4.69) is 0 Å². The highest BCUT2D eigenvalue weighted by molar-refractivity contribution is 8.00. The number of thioether (sulfide) groups is 1. The summed E-state index contributed by atoms with van der Waals surface area (Å²) in [6, 6.07) is 7.11. The molecule has 1 aliphatic rings. The second-order valence-electron chi connectivity index (χ2n) is 4.32. The number of carbonyl (C=O) groups excluding carboxylic acids is 2. The number of nitrogens with two attached hydrogens (primary N) is 1. The largest absolute Gasteiger partial charge is 0.492 e. The molecule has 1 aliphatic heterocycles. The van der Waals surface area contributed by atoms with Crippen LogP contribution in [-0.2, 0) is 9.59 Å². The van der Waals surface area contributed by atoms with Crippen LogP contribution in [0.25, 0.3) is 0 Å². The molecule has 6 heteroatoms. The number of imide groups is 1. The summed E-state index contributed by atoms with van der Waals surface area (Å²) < 4.78 is 5.49. The Morgan fingerprint density at radius 2 is 2.15 bits per heavy atom. The molecule has 1 fully saturated rings. The van der Waals surface area contributed by atoms with Gasteiger partial charge in [-0.2, -0.15) is 0 Å². The van der Waals surface area contributed by atoms with Crippen molar-refractivity contribution in [1.82, 2.24) is 0 Å². The number of hydrogen-bond donors (Lipinski definition) is 1. The number of carbonyl (C=O) groups is 2. The molecule has 2 rings (SSSR count). The van der Waals surface area contributed by atoms with Crippen molar-refractivity contribution in [3.8, 4) is 5.75 Å². The monoisotopic (exact) mass is 294 g/mol. The van der Waals surface area contributed by atoms with Gasteiger partial charge in [0.1, 0.15) is 5.75 Å². The van der Waals surface area contributed by atoms with Crippen LogP contribution in [0, 0.1) is 0 Å². The Morgan fingerprint density at radius 3 is 2.85 bits per heavy atom. The molecule has 2 amide bonds. The van der Waals surface area contributed by atoms with Gasteiger partial charge in [-0.15, -0.1) is 11.8 Å². The molecule has 1 heterocycles. The molecule has 0 saturated carbocycles. The van der Waals surface area contributed by atoms with Gasteiger partial charge in [0.25, 0.3) is 0 Å². The topological polar surface area (TPSA) is 72.6 Å². The number of anilines is 1. The van der Waals surface area contributed by atoms with Crippen molar-refractivity contribution in [3.05, 3.63) is 24.3 Å². The van der Waals surface area contributed by atoms with Crippen LogP contribution < -0.4 is 15.4 Å². The van der Waals surface area contributed by atoms with E-state index in [9.17, 15) is 9.59 Å². The summed E-state index contributed by atoms with van der Waals surface area (Å²) in [5.41, 5.74) is 5.97. The summed E-state index contributed by atoms with van der Waals surface area (Å²) in [6.07, 6.45) is 0.226. The van der Waals surface area contributed by atoms with Gasteiger partial charge >= 0.3 is 0 Å². The predicted molar refractivity (Wildman–Crippen MR) is 80.0 cm³/mol. The fourth-order valence-corrected chi connectivity index (χ4v) is 3.05. The first-order valence-corrected chi connectivity index (χ1v) is 7.64. The van der Waals surface area contributed by atoms with E-state index < -0.39 is 0 Å². The highest BCUT2D eigenvalue weighted by Crippen LogP contribution is 2.35. The van der Waals surface area contributed by atoms with E-state index in [1.165, 1.54) is 16.7 Å². The van der Waals surface area contributed by atoms with Gasteiger partial charge < -0.3 is 10.5 Å². The first kappa shape index (κ1) is 14.9. The molecule has 1 atom stereocenters. The Labute approximate surface area is 122 Å². The normalized spacial score (nSPS) is 18.7. The van der Waals surface area contributed by atoms with Crippen LogP contribution in [0.15, 0.2) is 24.3 Å². The second-order valence-corrected chi connectivity index (χ2v) is 5.63. The van der Waals surface area contributed by atoms with Crippen molar-refractivity contribution < 1.29 is 14.3 Å². The zero-order valence-corrected chi connectivity index (χ0v) is 12.2. The summed E-state index contributed by atoms with van der Waals surface area (Å²) in [4.78, 5) is 25.7. The first-order valence-electron chi connectivity index (χ1n) is 6.59. The van der Waals surface area contributed by atoms with Crippen LogP contribution in [0.1, 0.15) is 13.3 Å². The molecular weight excluding hydrogens is 276 g/mol. The third-order valence-electron chi connectivity index (χ3n) is 2.95. The molecule has 1 aromatic carbocycles. The molecule has 0 radical (unpaired) electrons. The van der Waals surface area contributed by atoms with E-state index in [1.54, 1.807) is 18.2 Å². The first-order chi connectivity index (χ1) is 9.69. The predicted octanol–water partition coefficient (Wildman–Crippen LogP) is 1.41. The minimum Gasteiger partial charge on any atom is -0.492 e. The molecule has 1 unspecified atom stereocenters. The van der Waals surface area contributed by atoms with Crippen molar-refractivity contribution in [3.63, 3.8) is 0 Å². The third kappa shape index (κ3) is 2.96.